The molecule has 1 heteroatoms. The number of aryl methyl sites for hydroxylation is 1. The fraction of sp³-hybridized carbons (Fsp3) is 0.385. The first kappa shape index (κ1) is 9.47. The quantitative estimate of drug-likeness (QED) is 0.712. The van der Waals surface area contributed by atoms with Crippen molar-refractivity contribution in [3.63, 3.8) is 0 Å². The van der Waals surface area contributed by atoms with Gasteiger partial charge < -0.3 is 5.32 Å². The summed E-state index contributed by atoms with van der Waals surface area (Å²) in [4.78, 5) is 0. The van der Waals surface area contributed by atoms with Crippen LogP contribution >= 0.6 is 0 Å². The van der Waals surface area contributed by atoms with Crippen molar-refractivity contribution >= 4 is 5.57 Å². The SMILES string of the molecule is Cc1cccc(C2=CCCNC2)c1C. The molecule has 0 bridgehead atoms. The second kappa shape index (κ2) is 3.97. The summed E-state index contributed by atoms with van der Waals surface area (Å²) in [5.41, 5.74) is 5.67. The van der Waals surface area contributed by atoms with Gasteiger partial charge in [0, 0.05) is 6.54 Å². The predicted molar refractivity (Wildman–Crippen MR) is 61.4 cm³/mol. The molecule has 0 fully saturated rings. The molecule has 1 aromatic carbocycles. The van der Waals surface area contributed by atoms with Crippen molar-refractivity contribution in [3.05, 3.63) is 41.0 Å². The van der Waals surface area contributed by atoms with Crippen LogP contribution in [-0.4, -0.2) is 13.1 Å². The van der Waals surface area contributed by atoms with E-state index in [-0.39, 0.29) is 0 Å². The lowest BCUT2D eigenvalue weighted by Gasteiger charge is -2.17. The van der Waals surface area contributed by atoms with Gasteiger partial charge in [-0.1, -0.05) is 24.3 Å². The van der Waals surface area contributed by atoms with E-state index in [2.05, 4.69) is 43.4 Å². The van der Waals surface area contributed by atoms with Gasteiger partial charge in [-0.2, -0.15) is 0 Å². The smallest absolute Gasteiger partial charge is 0.0208 e. The molecule has 0 aromatic heterocycles. The number of hydrogen-bond donors (Lipinski definition) is 1. The molecule has 1 aliphatic rings. The zero-order valence-electron chi connectivity index (χ0n) is 8.93. The summed E-state index contributed by atoms with van der Waals surface area (Å²) < 4.78 is 0. The van der Waals surface area contributed by atoms with Gasteiger partial charge in [-0.25, -0.2) is 0 Å². The number of nitrogens with one attached hydrogen (secondary N) is 1. The Morgan fingerprint density at radius 3 is 2.79 bits per heavy atom. The zero-order valence-corrected chi connectivity index (χ0v) is 8.93. The van der Waals surface area contributed by atoms with Crippen molar-refractivity contribution in [2.45, 2.75) is 20.3 Å². The highest BCUT2D eigenvalue weighted by atomic mass is 14.9. The van der Waals surface area contributed by atoms with E-state index in [0.29, 0.717) is 0 Å². The average molecular weight is 187 g/mol. The minimum Gasteiger partial charge on any atom is -0.312 e. The molecule has 0 spiro atoms. The van der Waals surface area contributed by atoms with Gasteiger partial charge >= 0.3 is 0 Å². The van der Waals surface area contributed by atoms with E-state index in [1.807, 2.05) is 0 Å². The molecule has 1 nitrogen and oxygen atoms in total. The molecule has 74 valence electrons. The summed E-state index contributed by atoms with van der Waals surface area (Å²) in [5.74, 6) is 0. The van der Waals surface area contributed by atoms with Gasteiger partial charge in [0.25, 0.3) is 0 Å². The molecule has 0 aliphatic carbocycles. The van der Waals surface area contributed by atoms with Crippen molar-refractivity contribution in [1.82, 2.24) is 5.32 Å². The molecule has 1 aliphatic heterocycles. The Labute approximate surface area is 85.8 Å². The van der Waals surface area contributed by atoms with E-state index in [1.54, 1.807) is 0 Å². The van der Waals surface area contributed by atoms with Crippen LogP contribution in [-0.2, 0) is 0 Å². The van der Waals surface area contributed by atoms with Crippen LogP contribution in [0.3, 0.4) is 0 Å². The summed E-state index contributed by atoms with van der Waals surface area (Å²) in [7, 11) is 0. The van der Waals surface area contributed by atoms with E-state index < -0.39 is 0 Å². The van der Waals surface area contributed by atoms with Crippen LogP contribution in [0.5, 0.6) is 0 Å². The standard InChI is InChI=1S/C13H17N/c1-10-5-3-7-13(11(10)2)12-6-4-8-14-9-12/h3,5-7,14H,4,8-9H2,1-2H3. The lowest BCUT2D eigenvalue weighted by atomic mass is 9.95. The van der Waals surface area contributed by atoms with E-state index in [9.17, 15) is 0 Å². The van der Waals surface area contributed by atoms with Crippen molar-refractivity contribution in [3.8, 4) is 0 Å². The molecular formula is C13H17N. The summed E-state index contributed by atoms with van der Waals surface area (Å²) >= 11 is 0. The van der Waals surface area contributed by atoms with Crippen LogP contribution in [0.25, 0.3) is 5.57 Å². The Morgan fingerprint density at radius 2 is 2.07 bits per heavy atom. The Kier molecular flexibility index (Phi) is 2.69. The molecule has 1 aromatic rings. The summed E-state index contributed by atoms with van der Waals surface area (Å²) in [6, 6.07) is 6.55. The monoisotopic (exact) mass is 187 g/mol. The van der Waals surface area contributed by atoms with Crippen LogP contribution in [0.1, 0.15) is 23.1 Å². The third-order valence-electron chi connectivity index (χ3n) is 2.98. The van der Waals surface area contributed by atoms with E-state index >= 15 is 0 Å². The molecule has 0 unspecified atom stereocenters. The van der Waals surface area contributed by atoms with Crippen molar-refractivity contribution in [2.75, 3.05) is 13.1 Å². The topological polar surface area (TPSA) is 12.0 Å². The molecule has 14 heavy (non-hydrogen) atoms. The Bertz CT molecular complexity index is 363. The molecule has 0 saturated carbocycles. The first-order chi connectivity index (χ1) is 6.79. The Hall–Kier alpha value is -1.08. The van der Waals surface area contributed by atoms with Gasteiger partial charge in [0.05, 0.1) is 0 Å². The van der Waals surface area contributed by atoms with Crippen molar-refractivity contribution in [2.24, 2.45) is 0 Å². The fourth-order valence-corrected chi connectivity index (χ4v) is 1.95. The van der Waals surface area contributed by atoms with Gasteiger partial charge in [-0.15, -0.1) is 0 Å². The molecule has 2 rings (SSSR count). The molecule has 1 heterocycles. The molecule has 0 radical (unpaired) electrons. The lowest BCUT2D eigenvalue weighted by Crippen LogP contribution is -2.21. The van der Waals surface area contributed by atoms with Crippen LogP contribution in [0.2, 0.25) is 0 Å². The summed E-state index contributed by atoms with van der Waals surface area (Å²) in [6.45, 7) is 6.52. The number of hydrogen-bond acceptors (Lipinski definition) is 1. The molecule has 1 N–H and O–H groups in total. The zero-order chi connectivity index (χ0) is 9.97. The van der Waals surface area contributed by atoms with Crippen LogP contribution in [0, 0.1) is 13.8 Å². The highest BCUT2D eigenvalue weighted by Crippen LogP contribution is 2.22. The van der Waals surface area contributed by atoms with Crippen LogP contribution < -0.4 is 5.32 Å². The highest BCUT2D eigenvalue weighted by Gasteiger charge is 2.08. The average Bonchev–Trinajstić information content (AvgIpc) is 2.23. The van der Waals surface area contributed by atoms with Gasteiger partial charge in [-0.3, -0.25) is 0 Å². The van der Waals surface area contributed by atoms with Crippen molar-refractivity contribution in [1.29, 1.82) is 0 Å². The second-order valence-corrected chi connectivity index (χ2v) is 3.94. The van der Waals surface area contributed by atoms with Crippen LogP contribution in [0.15, 0.2) is 24.3 Å². The summed E-state index contributed by atoms with van der Waals surface area (Å²) in [6.07, 6.45) is 3.51. The largest absolute Gasteiger partial charge is 0.312 e. The van der Waals surface area contributed by atoms with Gasteiger partial charge in [-0.05, 0) is 49.1 Å². The normalized spacial score (nSPS) is 16.6. The Morgan fingerprint density at radius 1 is 1.21 bits per heavy atom. The molecule has 0 saturated heterocycles. The first-order valence-corrected chi connectivity index (χ1v) is 5.25. The van der Waals surface area contributed by atoms with Crippen molar-refractivity contribution < 1.29 is 0 Å². The number of benzene rings is 1. The number of rotatable bonds is 1. The fourth-order valence-electron chi connectivity index (χ4n) is 1.95. The second-order valence-electron chi connectivity index (χ2n) is 3.94. The van der Waals surface area contributed by atoms with E-state index in [4.69, 9.17) is 0 Å². The molecule has 0 atom stereocenters. The van der Waals surface area contributed by atoms with Gasteiger partial charge in [0.2, 0.25) is 0 Å². The maximum atomic E-state index is 3.41. The third-order valence-corrected chi connectivity index (χ3v) is 2.98. The van der Waals surface area contributed by atoms with E-state index in [1.165, 1.54) is 22.3 Å². The predicted octanol–water partition coefficient (Wildman–Crippen LogP) is 2.68. The minimum atomic E-state index is 1.02. The maximum Gasteiger partial charge on any atom is 0.0208 e. The molecule has 0 amide bonds. The minimum absolute atomic E-state index is 1.02. The highest BCUT2D eigenvalue weighted by molar-refractivity contribution is 5.70. The molecular weight excluding hydrogens is 170 g/mol. The first-order valence-electron chi connectivity index (χ1n) is 5.25. The third kappa shape index (κ3) is 1.73. The van der Waals surface area contributed by atoms with E-state index in [0.717, 1.165) is 19.5 Å². The maximum absolute atomic E-state index is 3.41. The summed E-state index contributed by atoms with van der Waals surface area (Å²) in [5, 5.41) is 3.41. The van der Waals surface area contributed by atoms with Crippen LogP contribution in [0.4, 0.5) is 0 Å². The van der Waals surface area contributed by atoms with Gasteiger partial charge in [0.1, 0.15) is 0 Å². The van der Waals surface area contributed by atoms with Gasteiger partial charge in [0.15, 0.2) is 0 Å². The lowest BCUT2D eigenvalue weighted by molar-refractivity contribution is 0.739. The Balaban J connectivity index is 2.40.